The van der Waals surface area contributed by atoms with Gasteiger partial charge in [0, 0.05) is 45.3 Å². The molecule has 0 radical (unpaired) electrons. The van der Waals surface area contributed by atoms with Gasteiger partial charge in [0.1, 0.15) is 0 Å². The summed E-state index contributed by atoms with van der Waals surface area (Å²) in [4.78, 5) is 5.02. The normalized spacial score (nSPS) is 22.8. The predicted molar refractivity (Wildman–Crippen MR) is 71.8 cm³/mol. The van der Waals surface area contributed by atoms with Crippen LogP contribution in [0.3, 0.4) is 0 Å². The van der Waals surface area contributed by atoms with E-state index in [1.807, 2.05) is 0 Å². The van der Waals surface area contributed by atoms with Crippen LogP contribution in [0.1, 0.15) is 12.5 Å². The molecule has 1 atom stereocenters. The Morgan fingerprint density at radius 1 is 1.24 bits per heavy atom. The first-order valence-corrected chi connectivity index (χ1v) is 6.50. The van der Waals surface area contributed by atoms with Crippen molar-refractivity contribution >= 4 is 0 Å². The van der Waals surface area contributed by atoms with Crippen LogP contribution >= 0.6 is 0 Å². The molecule has 1 heterocycles. The molecule has 1 aliphatic heterocycles. The topological polar surface area (TPSA) is 32.5 Å². The largest absolute Gasteiger partial charge is 0.329 e. The van der Waals surface area contributed by atoms with Crippen molar-refractivity contribution in [1.29, 1.82) is 0 Å². The third-order valence-electron chi connectivity index (χ3n) is 3.51. The molecule has 0 aromatic heterocycles. The van der Waals surface area contributed by atoms with Crippen LogP contribution in [-0.2, 0) is 6.54 Å². The molecule has 94 valence electrons. The van der Waals surface area contributed by atoms with Crippen LogP contribution in [0.2, 0.25) is 0 Å². The van der Waals surface area contributed by atoms with Crippen molar-refractivity contribution in [3.63, 3.8) is 0 Å². The molecule has 1 aromatic carbocycles. The van der Waals surface area contributed by atoms with Crippen LogP contribution in [-0.4, -0.2) is 48.6 Å². The summed E-state index contributed by atoms with van der Waals surface area (Å²) >= 11 is 0. The Hall–Kier alpha value is -0.900. The highest BCUT2D eigenvalue weighted by atomic mass is 15.3. The highest BCUT2D eigenvalue weighted by Gasteiger charge is 2.22. The van der Waals surface area contributed by atoms with Crippen LogP contribution in [0.25, 0.3) is 0 Å². The number of hydrogen-bond acceptors (Lipinski definition) is 3. The highest BCUT2D eigenvalue weighted by Crippen LogP contribution is 2.12. The maximum atomic E-state index is 5.62. The fourth-order valence-corrected chi connectivity index (χ4v) is 2.55. The lowest BCUT2D eigenvalue weighted by Gasteiger charge is -2.39. The van der Waals surface area contributed by atoms with Crippen LogP contribution in [0, 0.1) is 0 Å². The predicted octanol–water partition coefficient (Wildman–Crippen LogP) is 1.15. The Labute approximate surface area is 104 Å². The summed E-state index contributed by atoms with van der Waals surface area (Å²) in [6, 6.07) is 11.3. The molecule has 0 amide bonds. The Balaban J connectivity index is 1.85. The average Bonchev–Trinajstić information content (AvgIpc) is 2.34. The van der Waals surface area contributed by atoms with Gasteiger partial charge >= 0.3 is 0 Å². The summed E-state index contributed by atoms with van der Waals surface area (Å²) in [7, 11) is 0. The fourth-order valence-electron chi connectivity index (χ4n) is 2.55. The van der Waals surface area contributed by atoms with Crippen molar-refractivity contribution in [3.8, 4) is 0 Å². The molecule has 2 N–H and O–H groups in total. The van der Waals surface area contributed by atoms with Crippen molar-refractivity contribution in [2.75, 3.05) is 32.7 Å². The molecule has 1 unspecified atom stereocenters. The van der Waals surface area contributed by atoms with E-state index in [4.69, 9.17) is 5.73 Å². The van der Waals surface area contributed by atoms with Crippen molar-refractivity contribution in [1.82, 2.24) is 9.80 Å². The molecule has 0 bridgehead atoms. The zero-order valence-corrected chi connectivity index (χ0v) is 10.7. The van der Waals surface area contributed by atoms with E-state index in [-0.39, 0.29) is 0 Å². The molecular formula is C14H23N3. The van der Waals surface area contributed by atoms with E-state index >= 15 is 0 Å². The van der Waals surface area contributed by atoms with Gasteiger partial charge < -0.3 is 5.73 Å². The number of hydrogen-bond donors (Lipinski definition) is 1. The van der Waals surface area contributed by atoms with E-state index in [1.165, 1.54) is 5.56 Å². The molecule has 1 aromatic rings. The first-order chi connectivity index (χ1) is 8.29. The van der Waals surface area contributed by atoms with Gasteiger partial charge in [0.2, 0.25) is 0 Å². The molecular weight excluding hydrogens is 210 g/mol. The van der Waals surface area contributed by atoms with Crippen LogP contribution in [0.15, 0.2) is 30.3 Å². The maximum Gasteiger partial charge on any atom is 0.0234 e. The minimum Gasteiger partial charge on any atom is -0.329 e. The van der Waals surface area contributed by atoms with Crippen molar-refractivity contribution < 1.29 is 0 Å². The van der Waals surface area contributed by atoms with Crippen LogP contribution in [0.5, 0.6) is 0 Å². The summed E-state index contributed by atoms with van der Waals surface area (Å²) in [5.74, 6) is 0. The standard InChI is InChI=1S/C14H23N3/c1-13-11-16(9-10-17(13)8-7-15)12-14-5-3-2-4-6-14/h2-6,13H,7-12,15H2,1H3. The number of nitrogens with two attached hydrogens (primary N) is 1. The van der Waals surface area contributed by atoms with E-state index in [1.54, 1.807) is 0 Å². The van der Waals surface area contributed by atoms with Gasteiger partial charge in [-0.25, -0.2) is 0 Å². The van der Waals surface area contributed by atoms with Gasteiger partial charge in [-0.2, -0.15) is 0 Å². The van der Waals surface area contributed by atoms with Gasteiger partial charge in [-0.1, -0.05) is 30.3 Å². The lowest BCUT2D eigenvalue weighted by molar-refractivity contribution is 0.0815. The smallest absolute Gasteiger partial charge is 0.0234 e. The maximum absolute atomic E-state index is 5.62. The zero-order chi connectivity index (χ0) is 12.1. The Bertz CT molecular complexity index is 325. The minimum absolute atomic E-state index is 0.621. The third kappa shape index (κ3) is 3.53. The van der Waals surface area contributed by atoms with Crippen LogP contribution < -0.4 is 5.73 Å². The first kappa shape index (κ1) is 12.6. The van der Waals surface area contributed by atoms with Gasteiger partial charge in [0.15, 0.2) is 0 Å². The van der Waals surface area contributed by atoms with Gasteiger partial charge in [-0.3, -0.25) is 9.80 Å². The van der Waals surface area contributed by atoms with Crippen LogP contribution in [0.4, 0.5) is 0 Å². The summed E-state index contributed by atoms with van der Waals surface area (Å²) in [6.07, 6.45) is 0. The summed E-state index contributed by atoms with van der Waals surface area (Å²) in [5, 5.41) is 0. The number of benzene rings is 1. The number of piperazine rings is 1. The Morgan fingerprint density at radius 3 is 2.65 bits per heavy atom. The average molecular weight is 233 g/mol. The third-order valence-corrected chi connectivity index (χ3v) is 3.51. The van der Waals surface area contributed by atoms with E-state index in [0.29, 0.717) is 6.04 Å². The molecule has 0 saturated carbocycles. The fraction of sp³-hybridized carbons (Fsp3) is 0.571. The van der Waals surface area contributed by atoms with E-state index in [2.05, 4.69) is 47.1 Å². The molecule has 0 aliphatic carbocycles. The molecule has 2 rings (SSSR count). The first-order valence-electron chi connectivity index (χ1n) is 6.50. The summed E-state index contributed by atoms with van der Waals surface area (Å²) in [6.45, 7) is 8.61. The molecule has 1 aliphatic rings. The lowest BCUT2D eigenvalue weighted by Crippen LogP contribution is -2.52. The van der Waals surface area contributed by atoms with Crippen molar-refractivity contribution in [2.24, 2.45) is 5.73 Å². The number of rotatable bonds is 4. The van der Waals surface area contributed by atoms with E-state index < -0.39 is 0 Å². The molecule has 3 nitrogen and oxygen atoms in total. The van der Waals surface area contributed by atoms with Gasteiger partial charge in [-0.05, 0) is 12.5 Å². The zero-order valence-electron chi connectivity index (χ0n) is 10.7. The monoisotopic (exact) mass is 233 g/mol. The highest BCUT2D eigenvalue weighted by molar-refractivity contribution is 5.14. The Kier molecular flexibility index (Phi) is 4.54. The molecule has 1 saturated heterocycles. The molecule has 1 fully saturated rings. The van der Waals surface area contributed by atoms with Gasteiger partial charge in [-0.15, -0.1) is 0 Å². The SMILES string of the molecule is CC1CN(Cc2ccccc2)CCN1CCN. The summed E-state index contributed by atoms with van der Waals surface area (Å²) in [5.41, 5.74) is 7.03. The minimum atomic E-state index is 0.621. The molecule has 3 heteroatoms. The molecule has 0 spiro atoms. The second-order valence-electron chi connectivity index (χ2n) is 4.89. The number of nitrogens with zero attached hydrogens (tertiary/aromatic N) is 2. The molecule has 17 heavy (non-hydrogen) atoms. The quantitative estimate of drug-likeness (QED) is 0.847. The second kappa shape index (κ2) is 6.15. The van der Waals surface area contributed by atoms with Crippen molar-refractivity contribution in [2.45, 2.75) is 19.5 Å². The van der Waals surface area contributed by atoms with E-state index in [0.717, 1.165) is 39.3 Å². The lowest BCUT2D eigenvalue weighted by atomic mass is 10.1. The Morgan fingerprint density at radius 2 is 2.00 bits per heavy atom. The van der Waals surface area contributed by atoms with E-state index in [9.17, 15) is 0 Å². The van der Waals surface area contributed by atoms with Gasteiger partial charge in [0.25, 0.3) is 0 Å². The van der Waals surface area contributed by atoms with Crippen molar-refractivity contribution in [3.05, 3.63) is 35.9 Å². The second-order valence-corrected chi connectivity index (χ2v) is 4.89. The van der Waals surface area contributed by atoms with Gasteiger partial charge in [0.05, 0.1) is 0 Å². The summed E-state index contributed by atoms with van der Waals surface area (Å²) < 4.78 is 0.